The number of carbonyl (C=O) groups is 1. The molecule has 0 spiro atoms. The van der Waals surface area contributed by atoms with E-state index < -0.39 is 0 Å². The van der Waals surface area contributed by atoms with Gasteiger partial charge in [0.25, 0.3) is 0 Å². The van der Waals surface area contributed by atoms with Crippen molar-refractivity contribution >= 4 is 5.91 Å². The van der Waals surface area contributed by atoms with Crippen LogP contribution >= 0.6 is 0 Å². The lowest BCUT2D eigenvalue weighted by Crippen LogP contribution is -2.58. The Bertz CT molecular complexity index is 288. The lowest BCUT2D eigenvalue weighted by Gasteiger charge is -2.39. The zero-order valence-electron chi connectivity index (χ0n) is 11.7. The molecule has 2 saturated heterocycles. The second-order valence-electron chi connectivity index (χ2n) is 5.51. The fraction of sp³-hybridized carbons (Fsp3) is 0.929. The van der Waals surface area contributed by atoms with Crippen LogP contribution < -0.4 is 5.32 Å². The van der Waals surface area contributed by atoms with E-state index in [1.807, 2.05) is 4.90 Å². The summed E-state index contributed by atoms with van der Waals surface area (Å²) < 4.78 is 5.65. The highest BCUT2D eigenvalue weighted by Gasteiger charge is 2.43. The highest BCUT2D eigenvalue weighted by molar-refractivity contribution is 5.87. The van der Waals surface area contributed by atoms with E-state index in [4.69, 9.17) is 4.74 Å². The minimum atomic E-state index is -0.273. The molecule has 1 N–H and O–H groups in total. The number of morpholine rings is 1. The molecule has 2 rings (SSSR count). The standard InChI is InChI=1S/C14H26N2O2/c1-3-6-14(7-5-8-15-14)13(17)16-9-10-18-12(4-2)11-16/h12,15H,3-11H2,1-2H3. The van der Waals surface area contributed by atoms with Crippen LogP contribution in [-0.4, -0.2) is 48.7 Å². The third-order valence-electron chi connectivity index (χ3n) is 4.21. The molecule has 2 heterocycles. The van der Waals surface area contributed by atoms with Gasteiger partial charge in [-0.3, -0.25) is 4.79 Å². The monoisotopic (exact) mass is 254 g/mol. The van der Waals surface area contributed by atoms with E-state index in [9.17, 15) is 4.79 Å². The summed E-state index contributed by atoms with van der Waals surface area (Å²) in [6, 6.07) is 0. The largest absolute Gasteiger partial charge is 0.375 e. The van der Waals surface area contributed by atoms with Crippen LogP contribution in [0, 0.1) is 0 Å². The van der Waals surface area contributed by atoms with Gasteiger partial charge in [0.2, 0.25) is 5.91 Å². The Hall–Kier alpha value is -0.610. The molecular formula is C14H26N2O2. The van der Waals surface area contributed by atoms with E-state index >= 15 is 0 Å². The maximum absolute atomic E-state index is 12.8. The van der Waals surface area contributed by atoms with Crippen LogP contribution in [0.3, 0.4) is 0 Å². The summed E-state index contributed by atoms with van der Waals surface area (Å²) in [6.07, 6.45) is 5.34. The predicted octanol–water partition coefficient (Wildman–Crippen LogP) is 1.55. The van der Waals surface area contributed by atoms with Crippen LogP contribution in [0.25, 0.3) is 0 Å². The molecule has 0 saturated carbocycles. The van der Waals surface area contributed by atoms with Crippen LogP contribution in [0.2, 0.25) is 0 Å². The number of ether oxygens (including phenoxy) is 1. The molecule has 2 atom stereocenters. The van der Waals surface area contributed by atoms with Gasteiger partial charge in [-0.25, -0.2) is 0 Å². The Labute approximate surface area is 110 Å². The minimum Gasteiger partial charge on any atom is -0.375 e. The smallest absolute Gasteiger partial charge is 0.243 e. The molecule has 2 aliphatic rings. The molecule has 2 aliphatic heterocycles. The first-order valence-electron chi connectivity index (χ1n) is 7.38. The number of amides is 1. The van der Waals surface area contributed by atoms with Crippen molar-refractivity contribution in [2.75, 3.05) is 26.2 Å². The van der Waals surface area contributed by atoms with Gasteiger partial charge >= 0.3 is 0 Å². The summed E-state index contributed by atoms with van der Waals surface area (Å²) in [6.45, 7) is 7.46. The van der Waals surface area contributed by atoms with Crippen molar-refractivity contribution in [3.8, 4) is 0 Å². The van der Waals surface area contributed by atoms with E-state index in [1.54, 1.807) is 0 Å². The first kappa shape index (κ1) is 13.8. The quantitative estimate of drug-likeness (QED) is 0.827. The summed E-state index contributed by atoms with van der Waals surface area (Å²) >= 11 is 0. The normalized spacial score (nSPS) is 32.8. The van der Waals surface area contributed by atoms with E-state index in [2.05, 4.69) is 19.2 Å². The molecule has 4 heteroatoms. The minimum absolute atomic E-state index is 0.225. The predicted molar refractivity (Wildman–Crippen MR) is 71.5 cm³/mol. The zero-order chi connectivity index (χ0) is 13.0. The van der Waals surface area contributed by atoms with Crippen LogP contribution in [0.4, 0.5) is 0 Å². The molecule has 0 aromatic rings. The molecular weight excluding hydrogens is 228 g/mol. The Kier molecular flexibility index (Phi) is 4.62. The second-order valence-corrected chi connectivity index (χ2v) is 5.51. The summed E-state index contributed by atoms with van der Waals surface area (Å²) in [5, 5.41) is 3.47. The van der Waals surface area contributed by atoms with E-state index in [0.717, 1.165) is 51.7 Å². The average molecular weight is 254 g/mol. The summed E-state index contributed by atoms with van der Waals surface area (Å²) in [5.41, 5.74) is -0.273. The SMILES string of the molecule is CCCC1(C(=O)N2CCOC(CC)C2)CCCN1. The molecule has 0 aromatic carbocycles. The molecule has 0 aromatic heterocycles. The van der Waals surface area contributed by atoms with Gasteiger partial charge in [0.15, 0.2) is 0 Å². The number of nitrogens with zero attached hydrogens (tertiary/aromatic N) is 1. The molecule has 0 radical (unpaired) electrons. The number of hydrogen-bond donors (Lipinski definition) is 1. The van der Waals surface area contributed by atoms with E-state index in [1.165, 1.54) is 0 Å². The van der Waals surface area contributed by atoms with Crippen LogP contribution in [-0.2, 0) is 9.53 Å². The number of nitrogens with one attached hydrogen (secondary N) is 1. The van der Waals surface area contributed by atoms with Crippen LogP contribution in [0.5, 0.6) is 0 Å². The first-order chi connectivity index (χ1) is 8.72. The third-order valence-corrected chi connectivity index (χ3v) is 4.21. The summed E-state index contributed by atoms with van der Waals surface area (Å²) in [4.78, 5) is 14.8. The maximum Gasteiger partial charge on any atom is 0.243 e. The summed E-state index contributed by atoms with van der Waals surface area (Å²) in [7, 11) is 0. The highest BCUT2D eigenvalue weighted by Crippen LogP contribution is 2.28. The van der Waals surface area contributed by atoms with E-state index in [0.29, 0.717) is 12.5 Å². The van der Waals surface area contributed by atoms with Crippen LogP contribution in [0.15, 0.2) is 0 Å². The van der Waals surface area contributed by atoms with Gasteiger partial charge in [-0.1, -0.05) is 20.3 Å². The lowest BCUT2D eigenvalue weighted by molar-refractivity contribution is -0.145. The number of hydrogen-bond acceptors (Lipinski definition) is 3. The molecule has 2 fully saturated rings. The fourth-order valence-corrected chi connectivity index (χ4v) is 3.19. The second kappa shape index (κ2) is 6.02. The zero-order valence-corrected chi connectivity index (χ0v) is 11.7. The topological polar surface area (TPSA) is 41.6 Å². The lowest BCUT2D eigenvalue weighted by atomic mass is 9.90. The Morgan fingerprint density at radius 2 is 2.33 bits per heavy atom. The van der Waals surface area contributed by atoms with Gasteiger partial charge < -0.3 is 15.0 Å². The molecule has 1 amide bonds. The fourth-order valence-electron chi connectivity index (χ4n) is 3.19. The Morgan fingerprint density at radius 3 is 2.94 bits per heavy atom. The molecule has 0 bridgehead atoms. The molecule has 18 heavy (non-hydrogen) atoms. The average Bonchev–Trinajstić information content (AvgIpc) is 2.88. The number of carbonyl (C=O) groups excluding carboxylic acids is 1. The van der Waals surface area contributed by atoms with Crippen molar-refractivity contribution in [3.63, 3.8) is 0 Å². The first-order valence-corrected chi connectivity index (χ1v) is 7.38. The Morgan fingerprint density at radius 1 is 1.50 bits per heavy atom. The van der Waals surface area contributed by atoms with E-state index in [-0.39, 0.29) is 11.6 Å². The van der Waals surface area contributed by atoms with Gasteiger partial charge in [0.1, 0.15) is 0 Å². The molecule has 4 nitrogen and oxygen atoms in total. The van der Waals surface area contributed by atoms with Gasteiger partial charge in [-0.2, -0.15) is 0 Å². The van der Waals surface area contributed by atoms with Gasteiger partial charge in [0.05, 0.1) is 18.2 Å². The molecule has 2 unspecified atom stereocenters. The third kappa shape index (κ3) is 2.69. The van der Waals surface area contributed by atoms with Gasteiger partial charge in [-0.05, 0) is 32.2 Å². The van der Waals surface area contributed by atoms with Crippen molar-refractivity contribution in [1.82, 2.24) is 10.2 Å². The van der Waals surface area contributed by atoms with Crippen LogP contribution in [0.1, 0.15) is 46.0 Å². The van der Waals surface area contributed by atoms with Crippen molar-refractivity contribution in [3.05, 3.63) is 0 Å². The van der Waals surface area contributed by atoms with Crippen molar-refractivity contribution < 1.29 is 9.53 Å². The van der Waals surface area contributed by atoms with Gasteiger partial charge in [0, 0.05) is 13.1 Å². The Balaban J connectivity index is 2.04. The van der Waals surface area contributed by atoms with Crippen molar-refractivity contribution in [2.24, 2.45) is 0 Å². The maximum atomic E-state index is 12.8. The summed E-state index contributed by atoms with van der Waals surface area (Å²) in [5.74, 6) is 0.309. The van der Waals surface area contributed by atoms with Gasteiger partial charge in [-0.15, -0.1) is 0 Å². The molecule has 104 valence electrons. The highest BCUT2D eigenvalue weighted by atomic mass is 16.5. The molecule has 0 aliphatic carbocycles. The van der Waals surface area contributed by atoms with Crippen molar-refractivity contribution in [1.29, 1.82) is 0 Å². The number of rotatable bonds is 4. The van der Waals surface area contributed by atoms with Crippen molar-refractivity contribution in [2.45, 2.75) is 57.6 Å².